The van der Waals surface area contributed by atoms with E-state index in [1.807, 2.05) is 13.0 Å². The molecule has 0 atom stereocenters. The van der Waals surface area contributed by atoms with Gasteiger partial charge in [0.25, 0.3) is 5.22 Å². The minimum Gasteiger partial charge on any atom is -0.439 e. The monoisotopic (exact) mass is 252 g/mol. The summed E-state index contributed by atoms with van der Waals surface area (Å²) in [6, 6.07) is 5.00. The number of aryl methyl sites for hydroxylation is 1. The molecule has 2 aromatic rings. The molecule has 0 aliphatic rings. The molecule has 2 rings (SSSR count). The zero-order valence-electron chi connectivity index (χ0n) is 9.66. The lowest BCUT2D eigenvalue weighted by molar-refractivity contribution is 0.454. The Bertz CT molecular complexity index is 513. The van der Waals surface area contributed by atoms with Gasteiger partial charge in [0.2, 0.25) is 0 Å². The molecule has 1 heterocycles. The highest BCUT2D eigenvalue weighted by atomic mass is 32.2. The van der Waals surface area contributed by atoms with Gasteiger partial charge in [0.15, 0.2) is 0 Å². The molecule has 0 radical (unpaired) electrons. The number of rotatable bonds is 4. The Balaban J connectivity index is 2.28. The number of hydrogen-bond acceptors (Lipinski definition) is 4. The molecule has 0 aliphatic carbocycles. The van der Waals surface area contributed by atoms with Crippen LogP contribution in [-0.4, -0.2) is 12.0 Å². The van der Waals surface area contributed by atoms with Crippen molar-refractivity contribution in [2.45, 2.75) is 23.6 Å². The summed E-state index contributed by atoms with van der Waals surface area (Å²) < 4.78 is 18.9. The smallest absolute Gasteiger partial charge is 0.260 e. The first-order chi connectivity index (χ1) is 8.20. The first-order valence-corrected chi connectivity index (χ1v) is 6.04. The Morgan fingerprint density at radius 2 is 2.29 bits per heavy atom. The Morgan fingerprint density at radius 1 is 1.47 bits per heavy atom. The molecule has 0 spiro atoms. The van der Waals surface area contributed by atoms with E-state index in [1.165, 1.54) is 17.8 Å². The van der Waals surface area contributed by atoms with Crippen LogP contribution in [0.5, 0.6) is 0 Å². The van der Waals surface area contributed by atoms with Crippen LogP contribution in [0.3, 0.4) is 0 Å². The van der Waals surface area contributed by atoms with E-state index in [2.05, 4.69) is 10.3 Å². The lowest BCUT2D eigenvalue weighted by Crippen LogP contribution is -2.08. The van der Waals surface area contributed by atoms with E-state index >= 15 is 0 Å². The molecular formula is C12H13FN2OS. The van der Waals surface area contributed by atoms with Gasteiger partial charge in [-0.25, -0.2) is 9.37 Å². The highest BCUT2D eigenvalue weighted by Crippen LogP contribution is 2.30. The van der Waals surface area contributed by atoms with Gasteiger partial charge in [0, 0.05) is 17.0 Å². The number of halogens is 1. The molecule has 1 aromatic carbocycles. The molecule has 1 aromatic heterocycles. The molecule has 0 aliphatic heterocycles. The maximum atomic E-state index is 13.6. The lowest BCUT2D eigenvalue weighted by atomic mass is 10.2. The van der Waals surface area contributed by atoms with Crippen molar-refractivity contribution in [3.63, 3.8) is 0 Å². The molecular weight excluding hydrogens is 239 g/mol. The first-order valence-electron chi connectivity index (χ1n) is 5.22. The number of nitrogens with one attached hydrogen (secondary N) is 1. The largest absolute Gasteiger partial charge is 0.439 e. The fraction of sp³-hybridized carbons (Fsp3) is 0.250. The number of benzene rings is 1. The zero-order chi connectivity index (χ0) is 12.3. The molecule has 90 valence electrons. The van der Waals surface area contributed by atoms with Gasteiger partial charge in [-0.15, -0.1) is 0 Å². The van der Waals surface area contributed by atoms with Gasteiger partial charge < -0.3 is 9.73 Å². The second-order valence-electron chi connectivity index (χ2n) is 3.60. The van der Waals surface area contributed by atoms with Crippen molar-refractivity contribution in [3.05, 3.63) is 41.5 Å². The summed E-state index contributed by atoms with van der Waals surface area (Å²) in [5, 5.41) is 3.48. The maximum absolute atomic E-state index is 13.6. The molecule has 0 saturated heterocycles. The molecule has 0 unspecified atom stereocenters. The second kappa shape index (κ2) is 5.33. The van der Waals surface area contributed by atoms with Gasteiger partial charge in [0.1, 0.15) is 12.1 Å². The summed E-state index contributed by atoms with van der Waals surface area (Å²) >= 11 is 1.33. The average molecular weight is 252 g/mol. The normalized spacial score (nSPS) is 10.8. The van der Waals surface area contributed by atoms with Crippen molar-refractivity contribution in [1.29, 1.82) is 0 Å². The second-order valence-corrected chi connectivity index (χ2v) is 4.60. The number of oxazole rings is 1. The molecule has 3 nitrogen and oxygen atoms in total. The third-order valence-electron chi connectivity index (χ3n) is 2.22. The first kappa shape index (κ1) is 12.1. The summed E-state index contributed by atoms with van der Waals surface area (Å²) in [4.78, 5) is 5.01. The van der Waals surface area contributed by atoms with Crippen LogP contribution in [0.25, 0.3) is 0 Å². The molecule has 0 bridgehead atoms. The summed E-state index contributed by atoms with van der Waals surface area (Å²) in [5.74, 6) is -0.215. The van der Waals surface area contributed by atoms with Crippen molar-refractivity contribution in [2.75, 3.05) is 7.05 Å². The van der Waals surface area contributed by atoms with Crippen LogP contribution in [0.2, 0.25) is 0 Å². The van der Waals surface area contributed by atoms with Crippen LogP contribution in [0.4, 0.5) is 4.39 Å². The van der Waals surface area contributed by atoms with Crippen molar-refractivity contribution in [3.8, 4) is 0 Å². The number of nitrogens with zero attached hydrogens (tertiary/aromatic N) is 1. The van der Waals surface area contributed by atoms with Crippen molar-refractivity contribution < 1.29 is 8.81 Å². The van der Waals surface area contributed by atoms with E-state index in [0.29, 0.717) is 17.3 Å². The minimum atomic E-state index is -0.215. The number of hydrogen-bond donors (Lipinski definition) is 1. The fourth-order valence-corrected chi connectivity index (χ4v) is 2.37. The van der Waals surface area contributed by atoms with E-state index in [0.717, 1.165) is 10.6 Å². The van der Waals surface area contributed by atoms with E-state index in [9.17, 15) is 4.39 Å². The zero-order valence-corrected chi connectivity index (χ0v) is 10.5. The SMILES string of the molecule is CNCc1c(F)cccc1Sc1nc(C)co1. The Morgan fingerprint density at radius 3 is 2.94 bits per heavy atom. The highest BCUT2D eigenvalue weighted by molar-refractivity contribution is 7.99. The van der Waals surface area contributed by atoms with Crippen LogP contribution >= 0.6 is 11.8 Å². The van der Waals surface area contributed by atoms with Crippen LogP contribution in [-0.2, 0) is 6.54 Å². The summed E-state index contributed by atoms with van der Waals surface area (Å²) in [7, 11) is 1.79. The third-order valence-corrected chi connectivity index (χ3v) is 3.19. The van der Waals surface area contributed by atoms with Gasteiger partial charge in [0.05, 0.1) is 5.69 Å². The average Bonchev–Trinajstić information content (AvgIpc) is 2.69. The van der Waals surface area contributed by atoms with Crippen molar-refractivity contribution in [1.82, 2.24) is 10.3 Å². The molecule has 17 heavy (non-hydrogen) atoms. The summed E-state index contributed by atoms with van der Waals surface area (Å²) in [6.45, 7) is 2.34. The van der Waals surface area contributed by atoms with E-state index in [4.69, 9.17) is 4.42 Å². The Kier molecular flexibility index (Phi) is 3.81. The van der Waals surface area contributed by atoms with Crippen LogP contribution in [0.15, 0.2) is 39.0 Å². The topological polar surface area (TPSA) is 38.1 Å². The van der Waals surface area contributed by atoms with Crippen molar-refractivity contribution in [2.24, 2.45) is 0 Å². The molecule has 0 amide bonds. The summed E-state index contributed by atoms with van der Waals surface area (Å²) in [6.07, 6.45) is 1.58. The highest BCUT2D eigenvalue weighted by Gasteiger charge is 2.11. The third kappa shape index (κ3) is 2.87. The number of aromatic nitrogens is 1. The van der Waals surface area contributed by atoms with E-state index < -0.39 is 0 Å². The van der Waals surface area contributed by atoms with Crippen LogP contribution in [0.1, 0.15) is 11.3 Å². The van der Waals surface area contributed by atoms with E-state index in [1.54, 1.807) is 19.4 Å². The van der Waals surface area contributed by atoms with Crippen LogP contribution < -0.4 is 5.32 Å². The molecule has 5 heteroatoms. The quantitative estimate of drug-likeness (QED) is 0.907. The molecule has 1 N–H and O–H groups in total. The predicted octanol–water partition coefficient (Wildman–Crippen LogP) is 2.99. The van der Waals surface area contributed by atoms with Gasteiger partial charge in [-0.05, 0) is 37.9 Å². The maximum Gasteiger partial charge on any atom is 0.260 e. The Labute approximate surface area is 103 Å². The predicted molar refractivity (Wildman–Crippen MR) is 64.5 cm³/mol. The fourth-order valence-electron chi connectivity index (χ4n) is 1.46. The van der Waals surface area contributed by atoms with Gasteiger partial charge in [-0.3, -0.25) is 0 Å². The van der Waals surface area contributed by atoms with E-state index in [-0.39, 0.29) is 5.82 Å². The lowest BCUT2D eigenvalue weighted by Gasteiger charge is -2.07. The van der Waals surface area contributed by atoms with Crippen molar-refractivity contribution >= 4 is 11.8 Å². The molecule has 0 fully saturated rings. The molecule has 0 saturated carbocycles. The van der Waals surface area contributed by atoms with Gasteiger partial charge in [-0.1, -0.05) is 6.07 Å². The van der Waals surface area contributed by atoms with Gasteiger partial charge >= 0.3 is 0 Å². The Hall–Kier alpha value is -1.33. The van der Waals surface area contributed by atoms with Crippen LogP contribution in [0, 0.1) is 12.7 Å². The minimum absolute atomic E-state index is 0.215. The summed E-state index contributed by atoms with van der Waals surface area (Å²) in [5.41, 5.74) is 1.45. The van der Waals surface area contributed by atoms with Gasteiger partial charge in [-0.2, -0.15) is 0 Å². The standard InChI is InChI=1S/C12H13FN2OS/c1-8-7-16-12(15-8)17-11-5-3-4-10(13)9(11)6-14-2/h3-5,7,14H,6H2,1-2H3.